The van der Waals surface area contributed by atoms with Gasteiger partial charge in [0.25, 0.3) is 0 Å². The summed E-state index contributed by atoms with van der Waals surface area (Å²) in [7, 11) is 0. The van der Waals surface area contributed by atoms with Crippen molar-refractivity contribution in [2.75, 3.05) is 0 Å². The molecule has 1 saturated carbocycles. The van der Waals surface area contributed by atoms with Crippen molar-refractivity contribution in [1.29, 1.82) is 0 Å². The first kappa shape index (κ1) is 16.6. The molecular weight excluding hydrogens is 307 g/mol. The summed E-state index contributed by atoms with van der Waals surface area (Å²) in [5.41, 5.74) is 0.963. The van der Waals surface area contributed by atoms with Gasteiger partial charge in [-0.2, -0.15) is 0 Å². The van der Waals surface area contributed by atoms with E-state index in [9.17, 15) is 9.90 Å². The molecule has 0 amide bonds. The Bertz CT molecular complexity index is 514. The molecule has 2 nitrogen and oxygen atoms in total. The van der Waals surface area contributed by atoms with E-state index in [0.717, 1.165) is 24.8 Å². The maximum atomic E-state index is 11.5. The standard InChI is InChI=1S/C17H22Cl2O2/c1-10(2)11-6-7-14(17(20)21)13(8-11)9-12-4-3-5-15(18)16(12)19/h3-5,10-11,13-14H,6-9H2,1-2H3,(H,20,21). The Hall–Kier alpha value is -0.730. The van der Waals surface area contributed by atoms with Crippen LogP contribution >= 0.6 is 23.2 Å². The lowest BCUT2D eigenvalue weighted by Crippen LogP contribution is -2.33. The van der Waals surface area contributed by atoms with Crippen molar-refractivity contribution in [2.45, 2.75) is 39.5 Å². The van der Waals surface area contributed by atoms with Gasteiger partial charge in [-0.3, -0.25) is 4.79 Å². The summed E-state index contributed by atoms with van der Waals surface area (Å²) >= 11 is 12.3. The maximum Gasteiger partial charge on any atom is 0.306 e. The molecule has 0 bridgehead atoms. The highest BCUT2D eigenvalue weighted by Gasteiger charge is 2.36. The lowest BCUT2D eigenvalue weighted by Gasteiger charge is -2.36. The first-order chi connectivity index (χ1) is 9.90. The van der Waals surface area contributed by atoms with Crippen LogP contribution in [-0.4, -0.2) is 11.1 Å². The zero-order valence-corrected chi connectivity index (χ0v) is 14.0. The molecule has 0 aliphatic heterocycles. The van der Waals surface area contributed by atoms with Crippen LogP contribution in [0.2, 0.25) is 10.0 Å². The molecule has 3 atom stereocenters. The summed E-state index contributed by atoms with van der Waals surface area (Å²) in [4.78, 5) is 11.5. The zero-order chi connectivity index (χ0) is 15.6. The van der Waals surface area contributed by atoms with Crippen LogP contribution in [0.1, 0.15) is 38.7 Å². The van der Waals surface area contributed by atoms with Crippen LogP contribution in [0.25, 0.3) is 0 Å². The molecule has 1 aliphatic rings. The highest BCUT2D eigenvalue weighted by molar-refractivity contribution is 6.42. The van der Waals surface area contributed by atoms with Crippen molar-refractivity contribution >= 4 is 29.2 Å². The number of hydrogen-bond acceptors (Lipinski definition) is 1. The smallest absolute Gasteiger partial charge is 0.306 e. The van der Waals surface area contributed by atoms with Crippen LogP contribution in [0.3, 0.4) is 0 Å². The molecule has 1 fully saturated rings. The van der Waals surface area contributed by atoms with Crippen LogP contribution in [0.15, 0.2) is 18.2 Å². The van der Waals surface area contributed by atoms with Crippen molar-refractivity contribution in [2.24, 2.45) is 23.7 Å². The van der Waals surface area contributed by atoms with Crippen LogP contribution in [0.5, 0.6) is 0 Å². The number of hydrogen-bond donors (Lipinski definition) is 1. The summed E-state index contributed by atoms with van der Waals surface area (Å²) < 4.78 is 0. The topological polar surface area (TPSA) is 37.3 Å². The predicted molar refractivity (Wildman–Crippen MR) is 87.0 cm³/mol. The molecule has 0 heterocycles. The van der Waals surface area contributed by atoms with Crippen LogP contribution < -0.4 is 0 Å². The number of carbonyl (C=O) groups is 1. The molecule has 0 saturated heterocycles. The second kappa shape index (κ2) is 7.02. The minimum absolute atomic E-state index is 0.139. The van der Waals surface area contributed by atoms with E-state index < -0.39 is 5.97 Å². The number of carboxylic acid groups (broad SMARTS) is 1. The summed E-state index contributed by atoms with van der Waals surface area (Å²) in [6.07, 6.45) is 3.42. The second-order valence-corrected chi connectivity index (χ2v) is 7.22. The van der Waals surface area contributed by atoms with E-state index in [1.54, 1.807) is 6.07 Å². The van der Waals surface area contributed by atoms with E-state index in [-0.39, 0.29) is 11.8 Å². The largest absolute Gasteiger partial charge is 0.481 e. The third kappa shape index (κ3) is 3.92. The molecule has 0 spiro atoms. The molecule has 0 radical (unpaired) electrons. The number of halogens is 2. The SMILES string of the molecule is CC(C)C1CCC(C(=O)O)C(Cc2cccc(Cl)c2Cl)C1. The lowest BCUT2D eigenvalue weighted by atomic mass is 9.69. The Kier molecular flexibility index (Phi) is 5.56. The Labute approximate surface area is 136 Å². The van der Waals surface area contributed by atoms with E-state index in [1.807, 2.05) is 12.1 Å². The molecule has 3 unspecified atom stereocenters. The van der Waals surface area contributed by atoms with E-state index in [0.29, 0.717) is 28.3 Å². The fraction of sp³-hybridized carbons (Fsp3) is 0.588. The predicted octanol–water partition coefficient (Wildman–Crippen LogP) is 5.31. The van der Waals surface area contributed by atoms with Crippen molar-refractivity contribution in [1.82, 2.24) is 0 Å². The average Bonchev–Trinajstić information content (AvgIpc) is 2.43. The van der Waals surface area contributed by atoms with Crippen LogP contribution in [-0.2, 0) is 11.2 Å². The number of carboxylic acids is 1. The second-order valence-electron chi connectivity index (χ2n) is 6.44. The molecule has 1 aliphatic carbocycles. The number of rotatable bonds is 4. The Morgan fingerprint density at radius 1 is 1.33 bits per heavy atom. The molecule has 2 rings (SSSR count). The van der Waals surface area contributed by atoms with Crippen LogP contribution in [0.4, 0.5) is 0 Å². The van der Waals surface area contributed by atoms with Crippen molar-refractivity contribution in [3.05, 3.63) is 33.8 Å². The van der Waals surface area contributed by atoms with Gasteiger partial charge >= 0.3 is 5.97 Å². The normalized spacial score (nSPS) is 26.0. The summed E-state index contributed by atoms with van der Waals surface area (Å²) in [5, 5.41) is 10.6. The first-order valence-electron chi connectivity index (χ1n) is 7.55. The lowest BCUT2D eigenvalue weighted by molar-refractivity contribution is -0.145. The monoisotopic (exact) mass is 328 g/mol. The highest BCUT2D eigenvalue weighted by Crippen LogP contribution is 2.40. The van der Waals surface area contributed by atoms with E-state index in [2.05, 4.69) is 13.8 Å². The Morgan fingerprint density at radius 2 is 2.05 bits per heavy atom. The molecule has 1 N–H and O–H groups in total. The summed E-state index contributed by atoms with van der Waals surface area (Å²) in [6.45, 7) is 4.43. The van der Waals surface area contributed by atoms with Crippen molar-refractivity contribution in [3.63, 3.8) is 0 Å². The van der Waals surface area contributed by atoms with Gasteiger partial charge in [0.05, 0.1) is 16.0 Å². The quantitative estimate of drug-likeness (QED) is 0.813. The van der Waals surface area contributed by atoms with Crippen molar-refractivity contribution in [3.8, 4) is 0 Å². The van der Waals surface area contributed by atoms with Gasteiger partial charge < -0.3 is 5.11 Å². The van der Waals surface area contributed by atoms with Gasteiger partial charge in [-0.1, -0.05) is 49.2 Å². The summed E-state index contributed by atoms with van der Waals surface area (Å²) in [5.74, 6) is 0.385. The fourth-order valence-corrected chi connectivity index (χ4v) is 3.84. The minimum atomic E-state index is -0.680. The third-order valence-electron chi connectivity index (χ3n) is 4.80. The van der Waals surface area contributed by atoms with Crippen molar-refractivity contribution < 1.29 is 9.90 Å². The average molecular weight is 329 g/mol. The third-order valence-corrected chi connectivity index (χ3v) is 5.65. The first-order valence-corrected chi connectivity index (χ1v) is 8.31. The van der Waals surface area contributed by atoms with E-state index >= 15 is 0 Å². The van der Waals surface area contributed by atoms with E-state index in [4.69, 9.17) is 23.2 Å². The highest BCUT2D eigenvalue weighted by atomic mass is 35.5. The van der Waals surface area contributed by atoms with Gasteiger partial charge in [-0.15, -0.1) is 0 Å². The van der Waals surface area contributed by atoms with Gasteiger partial charge in [-0.05, 0) is 55.1 Å². The van der Waals surface area contributed by atoms with Gasteiger partial charge in [-0.25, -0.2) is 0 Å². The number of benzene rings is 1. The van der Waals surface area contributed by atoms with Gasteiger partial charge in [0.15, 0.2) is 0 Å². The van der Waals surface area contributed by atoms with Gasteiger partial charge in [0.2, 0.25) is 0 Å². The Morgan fingerprint density at radius 3 is 2.67 bits per heavy atom. The van der Waals surface area contributed by atoms with E-state index in [1.165, 1.54) is 0 Å². The zero-order valence-electron chi connectivity index (χ0n) is 12.5. The molecule has 1 aromatic carbocycles. The molecule has 0 aromatic heterocycles. The van der Waals surface area contributed by atoms with Gasteiger partial charge in [0, 0.05) is 0 Å². The fourth-order valence-electron chi connectivity index (χ4n) is 3.45. The molecule has 4 heteroatoms. The Balaban J connectivity index is 2.20. The number of aliphatic carboxylic acids is 1. The minimum Gasteiger partial charge on any atom is -0.481 e. The molecule has 1 aromatic rings. The van der Waals surface area contributed by atoms with Gasteiger partial charge in [0.1, 0.15) is 0 Å². The molecular formula is C17H22Cl2O2. The maximum absolute atomic E-state index is 11.5. The van der Waals surface area contributed by atoms with Crippen LogP contribution in [0, 0.1) is 23.7 Å². The molecule has 21 heavy (non-hydrogen) atoms. The molecule has 116 valence electrons. The summed E-state index contributed by atoms with van der Waals surface area (Å²) in [6, 6.07) is 5.59.